The van der Waals surface area contributed by atoms with Crippen LogP contribution in [0, 0.1) is 13.8 Å². The van der Waals surface area contributed by atoms with E-state index in [9.17, 15) is 0 Å². The summed E-state index contributed by atoms with van der Waals surface area (Å²) in [7, 11) is 0. The Labute approximate surface area is 108 Å². The number of anilines is 1. The van der Waals surface area contributed by atoms with Crippen molar-refractivity contribution in [3.05, 3.63) is 17.6 Å². The topological polar surface area (TPSA) is 56.7 Å². The Balaban J connectivity index is 2.88. The third kappa shape index (κ3) is 1.59. The normalized spacial score (nSPS) is 12.3. The number of nitrogen functional groups attached to an aromatic ring is 1. The van der Waals surface area contributed by atoms with Crippen LogP contribution in [-0.4, -0.2) is 14.5 Å². The van der Waals surface area contributed by atoms with E-state index < -0.39 is 0 Å². The molecule has 98 valence electrons. The molecule has 0 radical (unpaired) electrons. The molecule has 0 saturated heterocycles. The molecule has 0 aromatic carbocycles. The minimum absolute atomic E-state index is 0.0807. The van der Waals surface area contributed by atoms with Crippen LogP contribution in [0.5, 0.6) is 0 Å². The standard InChI is InChI=1S/C14H22N4/c1-6-14(5,7-2)18-10(4)9(3)11-12(15)16-8-17-13(11)18/h8H,6-7H2,1-5H3,(H2,15,16,17). The van der Waals surface area contributed by atoms with E-state index in [0.717, 1.165) is 23.9 Å². The van der Waals surface area contributed by atoms with Gasteiger partial charge in [0.05, 0.1) is 5.39 Å². The van der Waals surface area contributed by atoms with Crippen LogP contribution >= 0.6 is 0 Å². The van der Waals surface area contributed by atoms with Crippen molar-refractivity contribution in [3.63, 3.8) is 0 Å². The average molecular weight is 246 g/mol. The lowest BCUT2D eigenvalue weighted by molar-refractivity contribution is 0.297. The van der Waals surface area contributed by atoms with Gasteiger partial charge in [0.2, 0.25) is 0 Å². The maximum atomic E-state index is 6.00. The van der Waals surface area contributed by atoms with Crippen LogP contribution in [0.4, 0.5) is 5.82 Å². The summed E-state index contributed by atoms with van der Waals surface area (Å²) in [6.07, 6.45) is 3.69. The molecule has 2 aromatic heterocycles. The smallest absolute Gasteiger partial charge is 0.146 e. The molecule has 0 saturated carbocycles. The van der Waals surface area contributed by atoms with E-state index in [2.05, 4.69) is 49.2 Å². The Hall–Kier alpha value is -1.58. The van der Waals surface area contributed by atoms with Crippen molar-refractivity contribution in [1.82, 2.24) is 14.5 Å². The monoisotopic (exact) mass is 246 g/mol. The second-order valence-corrected chi connectivity index (χ2v) is 5.21. The molecule has 2 aromatic rings. The van der Waals surface area contributed by atoms with Crippen LogP contribution in [0.1, 0.15) is 44.9 Å². The van der Waals surface area contributed by atoms with Crippen molar-refractivity contribution < 1.29 is 0 Å². The van der Waals surface area contributed by atoms with Crippen molar-refractivity contribution >= 4 is 16.9 Å². The Morgan fingerprint density at radius 3 is 2.39 bits per heavy atom. The molecule has 2 rings (SSSR count). The number of fused-ring (bicyclic) bond motifs is 1. The minimum atomic E-state index is 0.0807. The lowest BCUT2D eigenvalue weighted by atomic mass is 9.95. The van der Waals surface area contributed by atoms with Gasteiger partial charge in [0.25, 0.3) is 0 Å². The van der Waals surface area contributed by atoms with Gasteiger partial charge in [-0.15, -0.1) is 0 Å². The van der Waals surface area contributed by atoms with Crippen LogP contribution in [0.15, 0.2) is 6.33 Å². The number of nitrogens with two attached hydrogens (primary N) is 1. The highest BCUT2D eigenvalue weighted by molar-refractivity contribution is 5.91. The molecule has 18 heavy (non-hydrogen) atoms. The van der Waals surface area contributed by atoms with E-state index in [0.29, 0.717) is 5.82 Å². The summed E-state index contributed by atoms with van der Waals surface area (Å²) < 4.78 is 2.33. The molecule has 4 heteroatoms. The van der Waals surface area contributed by atoms with Gasteiger partial charge in [0.15, 0.2) is 0 Å². The van der Waals surface area contributed by atoms with Gasteiger partial charge in [0.1, 0.15) is 17.8 Å². The molecule has 0 bridgehead atoms. The molecule has 0 fully saturated rings. The molecule has 0 aliphatic heterocycles. The highest BCUT2D eigenvalue weighted by Crippen LogP contribution is 2.35. The van der Waals surface area contributed by atoms with E-state index in [1.807, 2.05) is 0 Å². The number of hydrogen-bond donors (Lipinski definition) is 1. The second-order valence-electron chi connectivity index (χ2n) is 5.21. The van der Waals surface area contributed by atoms with E-state index in [4.69, 9.17) is 5.73 Å². The van der Waals surface area contributed by atoms with Crippen LogP contribution in [0.3, 0.4) is 0 Å². The van der Waals surface area contributed by atoms with Crippen LogP contribution in [-0.2, 0) is 5.54 Å². The molecule has 0 spiro atoms. The first-order chi connectivity index (χ1) is 8.46. The van der Waals surface area contributed by atoms with E-state index in [1.165, 1.54) is 11.3 Å². The fraction of sp³-hybridized carbons (Fsp3) is 0.571. The molecule has 0 unspecified atom stereocenters. The highest BCUT2D eigenvalue weighted by Gasteiger charge is 2.28. The van der Waals surface area contributed by atoms with Crippen molar-refractivity contribution in [2.45, 2.75) is 53.0 Å². The Bertz CT molecular complexity index is 579. The summed E-state index contributed by atoms with van der Waals surface area (Å²) in [4.78, 5) is 8.57. The molecule has 0 atom stereocenters. The fourth-order valence-electron chi connectivity index (χ4n) is 2.65. The lowest BCUT2D eigenvalue weighted by Gasteiger charge is -2.31. The first kappa shape index (κ1) is 12.9. The maximum absolute atomic E-state index is 6.00. The van der Waals surface area contributed by atoms with E-state index >= 15 is 0 Å². The summed E-state index contributed by atoms with van der Waals surface area (Å²) >= 11 is 0. The highest BCUT2D eigenvalue weighted by atomic mass is 15.1. The minimum Gasteiger partial charge on any atom is -0.383 e. The number of rotatable bonds is 3. The molecule has 2 heterocycles. The largest absolute Gasteiger partial charge is 0.383 e. The number of nitrogens with zero attached hydrogens (tertiary/aromatic N) is 3. The number of hydrogen-bond acceptors (Lipinski definition) is 3. The Kier molecular flexibility index (Phi) is 3.05. The second kappa shape index (κ2) is 4.26. The third-order valence-electron chi connectivity index (χ3n) is 4.38. The first-order valence-corrected chi connectivity index (χ1v) is 6.54. The molecular weight excluding hydrogens is 224 g/mol. The van der Waals surface area contributed by atoms with Crippen molar-refractivity contribution in [2.24, 2.45) is 0 Å². The molecule has 0 aliphatic carbocycles. The molecule has 2 N–H and O–H groups in total. The molecule has 4 nitrogen and oxygen atoms in total. The predicted octanol–water partition coefficient (Wildman–Crippen LogP) is 3.17. The van der Waals surface area contributed by atoms with Crippen molar-refractivity contribution in [2.75, 3.05) is 5.73 Å². The average Bonchev–Trinajstić information content (AvgIpc) is 2.63. The van der Waals surface area contributed by atoms with Gasteiger partial charge in [-0.25, -0.2) is 9.97 Å². The third-order valence-corrected chi connectivity index (χ3v) is 4.38. The Morgan fingerprint density at radius 2 is 1.83 bits per heavy atom. The maximum Gasteiger partial charge on any atom is 0.146 e. The predicted molar refractivity (Wildman–Crippen MR) is 75.6 cm³/mol. The van der Waals surface area contributed by atoms with Gasteiger partial charge >= 0.3 is 0 Å². The van der Waals surface area contributed by atoms with Gasteiger partial charge in [-0.05, 0) is 39.2 Å². The molecule has 0 aliphatic rings. The fourth-order valence-corrected chi connectivity index (χ4v) is 2.65. The lowest BCUT2D eigenvalue weighted by Crippen LogP contribution is -2.29. The zero-order valence-corrected chi connectivity index (χ0v) is 11.9. The quantitative estimate of drug-likeness (QED) is 0.905. The van der Waals surface area contributed by atoms with Gasteiger partial charge in [-0.3, -0.25) is 0 Å². The summed E-state index contributed by atoms with van der Waals surface area (Å²) in [6.45, 7) is 10.9. The van der Waals surface area contributed by atoms with Gasteiger partial charge in [0, 0.05) is 11.2 Å². The summed E-state index contributed by atoms with van der Waals surface area (Å²) in [5.41, 5.74) is 9.47. The molecular formula is C14H22N4. The molecule has 0 amide bonds. The number of aromatic nitrogens is 3. The summed E-state index contributed by atoms with van der Waals surface area (Å²) in [6, 6.07) is 0. The zero-order valence-electron chi connectivity index (χ0n) is 11.9. The first-order valence-electron chi connectivity index (χ1n) is 6.54. The van der Waals surface area contributed by atoms with Crippen LogP contribution < -0.4 is 5.73 Å². The number of aryl methyl sites for hydroxylation is 1. The summed E-state index contributed by atoms with van der Waals surface area (Å²) in [5.74, 6) is 0.578. The van der Waals surface area contributed by atoms with E-state index in [1.54, 1.807) is 6.33 Å². The van der Waals surface area contributed by atoms with Crippen LogP contribution in [0.2, 0.25) is 0 Å². The zero-order chi connectivity index (χ0) is 13.5. The van der Waals surface area contributed by atoms with Gasteiger partial charge in [-0.1, -0.05) is 13.8 Å². The summed E-state index contributed by atoms with van der Waals surface area (Å²) in [5, 5.41) is 1.00. The van der Waals surface area contributed by atoms with Gasteiger partial charge < -0.3 is 10.3 Å². The van der Waals surface area contributed by atoms with Crippen LogP contribution in [0.25, 0.3) is 11.0 Å². The van der Waals surface area contributed by atoms with E-state index in [-0.39, 0.29) is 5.54 Å². The van der Waals surface area contributed by atoms with Gasteiger partial charge in [-0.2, -0.15) is 0 Å². The SMILES string of the molecule is CCC(C)(CC)n1c(C)c(C)c2c(N)ncnc21. The van der Waals surface area contributed by atoms with Crippen molar-refractivity contribution in [3.8, 4) is 0 Å². The Morgan fingerprint density at radius 1 is 1.22 bits per heavy atom. The van der Waals surface area contributed by atoms with Crippen molar-refractivity contribution in [1.29, 1.82) is 0 Å².